The molecule has 1 N–H and O–H groups in total. The number of rotatable bonds is 4. The molecule has 0 aliphatic heterocycles. The maximum Gasteiger partial charge on any atom is 0.303 e. The molecule has 120 valence electrons. The maximum atomic E-state index is 12.9. The Bertz CT molecular complexity index is 793. The van der Waals surface area contributed by atoms with Gasteiger partial charge in [0.15, 0.2) is 5.78 Å². The van der Waals surface area contributed by atoms with Crippen molar-refractivity contribution in [3.05, 3.63) is 41.5 Å². The topological polar surface area (TPSA) is 63.6 Å². The van der Waals surface area contributed by atoms with Crippen molar-refractivity contribution >= 4 is 22.5 Å². The quantitative estimate of drug-likeness (QED) is 0.931. The number of hydrogen-bond donors (Lipinski definition) is 1. The summed E-state index contributed by atoms with van der Waals surface area (Å²) in [5.41, 5.74) is 1.23. The average Bonchev–Trinajstić information content (AvgIpc) is 2.55. The highest BCUT2D eigenvalue weighted by Gasteiger charge is 2.38. The van der Waals surface area contributed by atoms with Crippen molar-refractivity contribution in [1.82, 2.24) is 0 Å². The van der Waals surface area contributed by atoms with Crippen molar-refractivity contribution in [3.63, 3.8) is 0 Å². The lowest BCUT2D eigenvalue weighted by atomic mass is 9.68. The monoisotopic (exact) mass is 312 g/mol. The number of carbonyl (C=O) groups is 2. The van der Waals surface area contributed by atoms with E-state index >= 15 is 0 Å². The van der Waals surface area contributed by atoms with Gasteiger partial charge in [0, 0.05) is 17.4 Å². The van der Waals surface area contributed by atoms with Crippen LogP contribution in [-0.4, -0.2) is 24.0 Å². The van der Waals surface area contributed by atoms with Gasteiger partial charge in [-0.15, -0.1) is 0 Å². The smallest absolute Gasteiger partial charge is 0.303 e. The molecule has 2 aromatic rings. The zero-order valence-electron chi connectivity index (χ0n) is 13.4. The Morgan fingerprint density at radius 1 is 1.30 bits per heavy atom. The molecular formula is C19H20O4. The molecule has 23 heavy (non-hydrogen) atoms. The number of ether oxygens (including phenoxy) is 1. The predicted octanol–water partition coefficient (Wildman–Crippen LogP) is 3.85. The zero-order valence-corrected chi connectivity index (χ0v) is 13.4. The van der Waals surface area contributed by atoms with Gasteiger partial charge in [-0.05, 0) is 47.7 Å². The molecule has 1 aliphatic carbocycles. The van der Waals surface area contributed by atoms with E-state index in [1.165, 1.54) is 0 Å². The summed E-state index contributed by atoms with van der Waals surface area (Å²) in [4.78, 5) is 23.7. The third kappa shape index (κ3) is 2.69. The van der Waals surface area contributed by atoms with Crippen LogP contribution in [0.3, 0.4) is 0 Å². The van der Waals surface area contributed by atoms with Crippen molar-refractivity contribution in [1.29, 1.82) is 0 Å². The normalized spacial score (nSPS) is 20.3. The van der Waals surface area contributed by atoms with Gasteiger partial charge in [-0.1, -0.05) is 25.1 Å². The van der Waals surface area contributed by atoms with Crippen molar-refractivity contribution in [2.24, 2.45) is 5.41 Å². The molecule has 0 spiro atoms. The number of carbonyl (C=O) groups excluding carboxylic acids is 1. The summed E-state index contributed by atoms with van der Waals surface area (Å²) < 4.78 is 5.25. The summed E-state index contributed by atoms with van der Waals surface area (Å²) in [7, 11) is 1.64. The van der Waals surface area contributed by atoms with Gasteiger partial charge in [0.05, 0.1) is 7.11 Å². The van der Waals surface area contributed by atoms with Crippen molar-refractivity contribution in [3.8, 4) is 5.75 Å². The van der Waals surface area contributed by atoms with Crippen LogP contribution < -0.4 is 4.74 Å². The van der Waals surface area contributed by atoms with E-state index in [-0.39, 0.29) is 12.2 Å². The van der Waals surface area contributed by atoms with Crippen molar-refractivity contribution in [2.45, 2.75) is 32.6 Å². The summed E-state index contributed by atoms with van der Waals surface area (Å²) >= 11 is 0. The van der Waals surface area contributed by atoms with E-state index in [2.05, 4.69) is 0 Å². The standard InChI is InChI=1S/C19H20O4/c1-19(10-8-17(20)21)9-7-15-14-6-4-13(23-2)11-12(14)3-5-16(15)18(19)22/h3-6,11H,7-10H2,1-2H3,(H,20,21)/t19-/m0/s1. The molecule has 0 radical (unpaired) electrons. The number of ketones is 1. The Labute approximate surface area is 135 Å². The Morgan fingerprint density at radius 3 is 2.78 bits per heavy atom. The predicted molar refractivity (Wildman–Crippen MR) is 88.1 cm³/mol. The Morgan fingerprint density at radius 2 is 2.09 bits per heavy atom. The lowest BCUT2D eigenvalue weighted by Crippen LogP contribution is -2.34. The number of carboxylic acid groups (broad SMARTS) is 1. The van der Waals surface area contributed by atoms with Gasteiger partial charge in [-0.3, -0.25) is 9.59 Å². The highest BCUT2D eigenvalue weighted by molar-refractivity contribution is 6.07. The van der Waals surface area contributed by atoms with Gasteiger partial charge in [-0.2, -0.15) is 0 Å². The first kappa shape index (κ1) is 15.5. The summed E-state index contributed by atoms with van der Waals surface area (Å²) in [6.45, 7) is 1.89. The third-order valence-corrected chi connectivity index (χ3v) is 4.95. The van der Waals surface area contributed by atoms with E-state index in [0.717, 1.165) is 34.1 Å². The SMILES string of the molecule is COc1ccc2c3c(ccc2c1)C(=O)[C@](C)(CCC(=O)O)CC3. The van der Waals surface area contributed by atoms with E-state index < -0.39 is 11.4 Å². The zero-order chi connectivity index (χ0) is 16.6. The Kier molecular flexibility index (Phi) is 3.84. The minimum absolute atomic E-state index is 0.0301. The molecule has 0 saturated heterocycles. The average molecular weight is 312 g/mol. The van der Waals surface area contributed by atoms with Gasteiger partial charge >= 0.3 is 5.97 Å². The lowest BCUT2D eigenvalue weighted by molar-refractivity contribution is -0.137. The molecule has 0 aromatic heterocycles. The van der Waals surface area contributed by atoms with Crippen molar-refractivity contribution < 1.29 is 19.4 Å². The highest BCUT2D eigenvalue weighted by Crippen LogP contribution is 2.41. The molecule has 3 rings (SSSR count). The summed E-state index contributed by atoms with van der Waals surface area (Å²) in [6, 6.07) is 9.69. The molecule has 0 heterocycles. The van der Waals surface area contributed by atoms with E-state index in [0.29, 0.717) is 12.8 Å². The second kappa shape index (κ2) is 5.69. The molecule has 2 aromatic carbocycles. The molecule has 0 bridgehead atoms. The first-order chi connectivity index (χ1) is 10.9. The fraction of sp³-hybridized carbons (Fsp3) is 0.368. The molecular weight excluding hydrogens is 292 g/mol. The minimum Gasteiger partial charge on any atom is -0.497 e. The number of benzene rings is 2. The summed E-state index contributed by atoms with van der Waals surface area (Å²) in [5.74, 6) is 0.0130. The van der Waals surface area contributed by atoms with Crippen LogP contribution in [-0.2, 0) is 11.2 Å². The number of aryl methyl sites for hydroxylation is 1. The molecule has 0 unspecified atom stereocenters. The lowest BCUT2D eigenvalue weighted by Gasteiger charge is -2.33. The van der Waals surface area contributed by atoms with E-state index in [1.54, 1.807) is 7.11 Å². The van der Waals surface area contributed by atoms with Crippen LogP contribution in [0.5, 0.6) is 5.75 Å². The van der Waals surface area contributed by atoms with Gasteiger partial charge in [0.2, 0.25) is 0 Å². The third-order valence-electron chi connectivity index (χ3n) is 4.95. The fourth-order valence-corrected chi connectivity index (χ4v) is 3.44. The number of hydrogen-bond acceptors (Lipinski definition) is 3. The molecule has 0 amide bonds. The maximum absolute atomic E-state index is 12.9. The largest absolute Gasteiger partial charge is 0.497 e. The second-order valence-corrected chi connectivity index (χ2v) is 6.46. The highest BCUT2D eigenvalue weighted by atomic mass is 16.5. The summed E-state index contributed by atoms with van der Waals surface area (Å²) in [5, 5.41) is 11.0. The Hall–Kier alpha value is -2.36. The van der Waals surface area contributed by atoms with E-state index in [4.69, 9.17) is 9.84 Å². The Balaban J connectivity index is 2.02. The van der Waals surface area contributed by atoms with Gasteiger partial charge < -0.3 is 9.84 Å². The van der Waals surface area contributed by atoms with Crippen LogP contribution in [0.4, 0.5) is 0 Å². The van der Waals surface area contributed by atoms with Crippen LogP contribution in [0.2, 0.25) is 0 Å². The van der Waals surface area contributed by atoms with Gasteiger partial charge in [-0.25, -0.2) is 0 Å². The van der Waals surface area contributed by atoms with Crippen LogP contribution >= 0.6 is 0 Å². The fourth-order valence-electron chi connectivity index (χ4n) is 3.44. The van der Waals surface area contributed by atoms with Crippen LogP contribution in [0, 0.1) is 5.41 Å². The number of aliphatic carboxylic acids is 1. The first-order valence-corrected chi connectivity index (χ1v) is 7.81. The first-order valence-electron chi connectivity index (χ1n) is 7.81. The van der Waals surface area contributed by atoms with Crippen LogP contribution in [0.1, 0.15) is 42.1 Å². The number of carboxylic acids is 1. The number of Topliss-reactive ketones (excluding diaryl/α,β-unsaturated/α-hetero) is 1. The van der Waals surface area contributed by atoms with E-state index in [9.17, 15) is 9.59 Å². The van der Waals surface area contributed by atoms with Gasteiger partial charge in [0.25, 0.3) is 0 Å². The molecule has 0 fully saturated rings. The van der Waals surface area contributed by atoms with Gasteiger partial charge in [0.1, 0.15) is 5.75 Å². The van der Waals surface area contributed by atoms with Crippen molar-refractivity contribution in [2.75, 3.05) is 7.11 Å². The molecule has 1 atom stereocenters. The number of methoxy groups -OCH3 is 1. The molecule has 0 saturated carbocycles. The van der Waals surface area contributed by atoms with E-state index in [1.807, 2.05) is 37.3 Å². The molecule has 1 aliphatic rings. The summed E-state index contributed by atoms with van der Waals surface area (Å²) in [6.07, 6.45) is 1.90. The van der Waals surface area contributed by atoms with Crippen LogP contribution in [0.15, 0.2) is 30.3 Å². The van der Waals surface area contributed by atoms with Crippen LogP contribution in [0.25, 0.3) is 10.8 Å². The molecule has 4 nitrogen and oxygen atoms in total. The number of fused-ring (bicyclic) bond motifs is 3. The minimum atomic E-state index is -0.851. The molecule has 4 heteroatoms. The second-order valence-electron chi connectivity index (χ2n) is 6.46.